The highest BCUT2D eigenvalue weighted by atomic mass is 79.9. The van der Waals surface area contributed by atoms with E-state index in [0.29, 0.717) is 6.42 Å². The van der Waals surface area contributed by atoms with Crippen molar-refractivity contribution in [3.63, 3.8) is 0 Å². The summed E-state index contributed by atoms with van der Waals surface area (Å²) in [6.45, 7) is 3.23. The van der Waals surface area contributed by atoms with Gasteiger partial charge in [-0.15, -0.1) is 0 Å². The molecule has 86 valence electrons. The van der Waals surface area contributed by atoms with Crippen LogP contribution >= 0.6 is 15.9 Å². The Balaban J connectivity index is 1.85. The average Bonchev–Trinajstić information content (AvgIpc) is 2.80. The predicted octanol–water partition coefficient (Wildman–Crippen LogP) is 3.12. The molecule has 1 fully saturated rings. The molecule has 16 heavy (non-hydrogen) atoms. The fourth-order valence-electron chi connectivity index (χ4n) is 2.05. The molecule has 0 unspecified atom stereocenters. The van der Waals surface area contributed by atoms with Crippen molar-refractivity contribution in [2.45, 2.75) is 19.3 Å². The quantitative estimate of drug-likeness (QED) is 0.791. The fraction of sp³-hybridized carbons (Fsp3) is 0.462. The van der Waals surface area contributed by atoms with Crippen molar-refractivity contribution in [3.05, 3.63) is 34.3 Å². The molecule has 0 aromatic heterocycles. The maximum Gasteiger partial charge on any atom is 0.164 e. The molecule has 2 nitrogen and oxygen atoms in total. The minimum atomic E-state index is 0.249. The molecule has 2 rings (SSSR count). The number of nitrogens with zero attached hydrogens (tertiary/aromatic N) is 1. The van der Waals surface area contributed by atoms with Crippen molar-refractivity contribution < 1.29 is 4.79 Å². The Hall–Kier alpha value is -0.670. The molecule has 0 amide bonds. The van der Waals surface area contributed by atoms with E-state index in [0.717, 1.165) is 29.7 Å². The molecular formula is C13H16BrNO. The number of hydrogen-bond donors (Lipinski definition) is 0. The van der Waals surface area contributed by atoms with Gasteiger partial charge in [0, 0.05) is 23.0 Å². The number of carbonyl (C=O) groups excluding carboxylic acids is 1. The lowest BCUT2D eigenvalue weighted by Crippen LogP contribution is -2.22. The van der Waals surface area contributed by atoms with Crippen LogP contribution in [0.2, 0.25) is 0 Å². The lowest BCUT2D eigenvalue weighted by atomic mass is 10.1. The van der Waals surface area contributed by atoms with E-state index in [9.17, 15) is 4.79 Å². The SMILES string of the molecule is O=C(CCN1CCCC1)c1ccc(Br)cc1. The maximum atomic E-state index is 11.9. The van der Waals surface area contributed by atoms with Gasteiger partial charge in [-0.3, -0.25) is 4.79 Å². The van der Waals surface area contributed by atoms with Gasteiger partial charge in [0.05, 0.1) is 0 Å². The highest BCUT2D eigenvalue weighted by Crippen LogP contribution is 2.13. The summed E-state index contributed by atoms with van der Waals surface area (Å²) in [5.74, 6) is 0.249. The number of hydrogen-bond acceptors (Lipinski definition) is 2. The van der Waals surface area contributed by atoms with Crippen LogP contribution in [-0.4, -0.2) is 30.3 Å². The Kier molecular flexibility index (Phi) is 4.13. The Morgan fingerprint density at radius 1 is 1.19 bits per heavy atom. The van der Waals surface area contributed by atoms with Crippen LogP contribution in [0, 0.1) is 0 Å². The van der Waals surface area contributed by atoms with Crippen molar-refractivity contribution in [2.75, 3.05) is 19.6 Å². The zero-order valence-corrected chi connectivity index (χ0v) is 10.9. The first-order valence-electron chi connectivity index (χ1n) is 5.77. The van der Waals surface area contributed by atoms with Gasteiger partial charge in [0.1, 0.15) is 0 Å². The molecule has 0 saturated carbocycles. The van der Waals surface area contributed by atoms with Gasteiger partial charge in [-0.25, -0.2) is 0 Å². The van der Waals surface area contributed by atoms with Gasteiger partial charge in [0.25, 0.3) is 0 Å². The summed E-state index contributed by atoms with van der Waals surface area (Å²) >= 11 is 3.37. The van der Waals surface area contributed by atoms with E-state index in [1.807, 2.05) is 24.3 Å². The predicted molar refractivity (Wildman–Crippen MR) is 68.8 cm³/mol. The van der Waals surface area contributed by atoms with Crippen LogP contribution in [0.4, 0.5) is 0 Å². The molecule has 0 atom stereocenters. The van der Waals surface area contributed by atoms with Crippen LogP contribution in [-0.2, 0) is 0 Å². The molecule has 1 aliphatic heterocycles. The topological polar surface area (TPSA) is 20.3 Å². The fourth-order valence-corrected chi connectivity index (χ4v) is 2.31. The van der Waals surface area contributed by atoms with E-state index >= 15 is 0 Å². The minimum Gasteiger partial charge on any atom is -0.303 e. The summed E-state index contributed by atoms with van der Waals surface area (Å²) in [6, 6.07) is 7.61. The van der Waals surface area contributed by atoms with Crippen molar-refractivity contribution in [2.24, 2.45) is 0 Å². The largest absolute Gasteiger partial charge is 0.303 e. The molecule has 1 aromatic rings. The lowest BCUT2D eigenvalue weighted by molar-refractivity contribution is 0.0969. The summed E-state index contributed by atoms with van der Waals surface area (Å²) in [5.41, 5.74) is 0.822. The van der Waals surface area contributed by atoms with Crippen molar-refractivity contribution in [3.8, 4) is 0 Å². The number of Topliss-reactive ketones (excluding diaryl/α,β-unsaturated/α-hetero) is 1. The summed E-state index contributed by atoms with van der Waals surface area (Å²) in [7, 11) is 0. The Labute approximate surface area is 105 Å². The van der Waals surface area contributed by atoms with Crippen molar-refractivity contribution in [1.82, 2.24) is 4.90 Å². The van der Waals surface area contributed by atoms with E-state index in [1.54, 1.807) is 0 Å². The molecule has 0 spiro atoms. The van der Waals surface area contributed by atoms with Crippen LogP contribution in [0.3, 0.4) is 0 Å². The summed E-state index contributed by atoms with van der Waals surface area (Å²) in [4.78, 5) is 14.2. The van der Waals surface area contributed by atoms with Gasteiger partial charge < -0.3 is 4.90 Å². The van der Waals surface area contributed by atoms with Crippen molar-refractivity contribution in [1.29, 1.82) is 0 Å². The molecule has 3 heteroatoms. The first-order chi connectivity index (χ1) is 7.75. The Morgan fingerprint density at radius 3 is 2.44 bits per heavy atom. The number of likely N-dealkylation sites (tertiary alicyclic amines) is 1. The molecule has 1 aromatic carbocycles. The second kappa shape index (κ2) is 5.60. The Bertz CT molecular complexity index is 355. The standard InChI is InChI=1S/C13H16BrNO/c14-12-5-3-11(4-6-12)13(16)7-10-15-8-1-2-9-15/h3-6H,1-2,7-10H2. The molecule has 1 saturated heterocycles. The van der Waals surface area contributed by atoms with Crippen LogP contribution < -0.4 is 0 Å². The number of rotatable bonds is 4. The third-order valence-corrected chi connectivity index (χ3v) is 3.55. The number of benzene rings is 1. The summed E-state index contributed by atoms with van der Waals surface area (Å²) < 4.78 is 1.02. The van der Waals surface area contributed by atoms with Crippen LogP contribution in [0.5, 0.6) is 0 Å². The zero-order chi connectivity index (χ0) is 11.4. The van der Waals surface area contributed by atoms with Crippen molar-refractivity contribution >= 4 is 21.7 Å². The minimum absolute atomic E-state index is 0.249. The molecule has 0 aliphatic carbocycles. The first-order valence-corrected chi connectivity index (χ1v) is 6.56. The van der Waals surface area contributed by atoms with Crippen LogP contribution in [0.25, 0.3) is 0 Å². The van der Waals surface area contributed by atoms with Gasteiger partial charge in [-0.2, -0.15) is 0 Å². The number of carbonyl (C=O) groups is 1. The highest BCUT2D eigenvalue weighted by molar-refractivity contribution is 9.10. The van der Waals surface area contributed by atoms with E-state index in [4.69, 9.17) is 0 Å². The first kappa shape index (κ1) is 11.8. The van der Waals surface area contributed by atoms with Gasteiger partial charge in [0.15, 0.2) is 5.78 Å². The second-order valence-electron chi connectivity index (χ2n) is 4.23. The molecule has 0 N–H and O–H groups in total. The summed E-state index contributed by atoms with van der Waals surface area (Å²) in [5, 5.41) is 0. The maximum absolute atomic E-state index is 11.9. The average molecular weight is 282 g/mol. The number of halogens is 1. The van der Waals surface area contributed by atoms with Gasteiger partial charge in [-0.1, -0.05) is 28.1 Å². The van der Waals surface area contributed by atoms with Gasteiger partial charge in [0.2, 0.25) is 0 Å². The van der Waals surface area contributed by atoms with Crippen LogP contribution in [0.15, 0.2) is 28.7 Å². The lowest BCUT2D eigenvalue weighted by Gasteiger charge is -2.13. The van der Waals surface area contributed by atoms with E-state index in [-0.39, 0.29) is 5.78 Å². The molecule has 1 heterocycles. The molecule has 0 radical (unpaired) electrons. The number of ketones is 1. The van der Waals surface area contributed by atoms with Gasteiger partial charge in [-0.05, 0) is 38.1 Å². The van der Waals surface area contributed by atoms with E-state index in [2.05, 4.69) is 20.8 Å². The summed E-state index contributed by atoms with van der Waals surface area (Å²) in [6.07, 6.45) is 3.21. The second-order valence-corrected chi connectivity index (χ2v) is 5.14. The Morgan fingerprint density at radius 2 is 1.81 bits per heavy atom. The molecule has 0 bridgehead atoms. The third kappa shape index (κ3) is 3.16. The highest BCUT2D eigenvalue weighted by Gasteiger charge is 2.13. The third-order valence-electron chi connectivity index (χ3n) is 3.02. The van der Waals surface area contributed by atoms with E-state index < -0.39 is 0 Å². The van der Waals surface area contributed by atoms with E-state index in [1.165, 1.54) is 12.8 Å². The van der Waals surface area contributed by atoms with Gasteiger partial charge >= 0.3 is 0 Å². The normalized spacial score (nSPS) is 16.6. The zero-order valence-electron chi connectivity index (χ0n) is 9.29. The monoisotopic (exact) mass is 281 g/mol. The molecule has 1 aliphatic rings. The van der Waals surface area contributed by atoms with Crippen LogP contribution in [0.1, 0.15) is 29.6 Å². The molecular weight excluding hydrogens is 266 g/mol. The smallest absolute Gasteiger partial charge is 0.164 e.